The van der Waals surface area contributed by atoms with Crippen molar-refractivity contribution in [2.75, 3.05) is 5.32 Å². The second-order valence-electron chi connectivity index (χ2n) is 4.16. The van der Waals surface area contributed by atoms with Crippen molar-refractivity contribution in [3.8, 4) is 0 Å². The molecule has 0 aromatic heterocycles. The highest BCUT2D eigenvalue weighted by Crippen LogP contribution is 2.33. The standard InChI is InChI=1S/C14H11Br2Cl2N/c1-8-5-10(15)14(11(16)6-8)19-7-9-12(17)3-2-4-13(9)18/h2-6,19H,7H2,1H3. The summed E-state index contributed by atoms with van der Waals surface area (Å²) in [6.45, 7) is 2.61. The summed E-state index contributed by atoms with van der Waals surface area (Å²) in [6, 6.07) is 9.63. The Balaban J connectivity index is 2.24. The topological polar surface area (TPSA) is 12.0 Å². The third kappa shape index (κ3) is 3.66. The van der Waals surface area contributed by atoms with E-state index in [0.717, 1.165) is 20.2 Å². The van der Waals surface area contributed by atoms with Crippen molar-refractivity contribution in [1.82, 2.24) is 0 Å². The van der Waals surface area contributed by atoms with E-state index in [1.165, 1.54) is 5.56 Å². The van der Waals surface area contributed by atoms with E-state index in [4.69, 9.17) is 23.2 Å². The van der Waals surface area contributed by atoms with Crippen LogP contribution in [0.3, 0.4) is 0 Å². The molecule has 2 rings (SSSR count). The monoisotopic (exact) mass is 421 g/mol. The molecular weight excluding hydrogens is 413 g/mol. The van der Waals surface area contributed by atoms with Crippen LogP contribution in [-0.2, 0) is 6.54 Å². The van der Waals surface area contributed by atoms with Crippen LogP contribution in [0, 0.1) is 6.92 Å². The number of halogens is 4. The largest absolute Gasteiger partial charge is 0.379 e. The Morgan fingerprint density at radius 3 is 2.11 bits per heavy atom. The lowest BCUT2D eigenvalue weighted by Crippen LogP contribution is -2.02. The van der Waals surface area contributed by atoms with Gasteiger partial charge in [-0.15, -0.1) is 0 Å². The zero-order chi connectivity index (χ0) is 14.0. The Kier molecular flexibility index (Phi) is 5.18. The normalized spacial score (nSPS) is 10.6. The van der Waals surface area contributed by atoms with E-state index in [1.54, 1.807) is 0 Å². The van der Waals surface area contributed by atoms with Gasteiger partial charge in [-0.2, -0.15) is 0 Å². The average Bonchev–Trinajstić information content (AvgIpc) is 2.31. The predicted octanol–water partition coefficient (Wildman–Crippen LogP) is 6.44. The lowest BCUT2D eigenvalue weighted by molar-refractivity contribution is 1.14. The highest BCUT2D eigenvalue weighted by atomic mass is 79.9. The summed E-state index contributed by atoms with van der Waals surface area (Å²) in [5.74, 6) is 0. The Labute approximate surface area is 139 Å². The maximum absolute atomic E-state index is 6.15. The molecule has 0 radical (unpaired) electrons. The molecule has 5 heteroatoms. The molecule has 0 aliphatic rings. The molecule has 2 aromatic rings. The first-order valence-corrected chi connectivity index (χ1v) is 7.95. The minimum absolute atomic E-state index is 0.568. The summed E-state index contributed by atoms with van der Waals surface area (Å²) in [4.78, 5) is 0. The molecule has 0 atom stereocenters. The second kappa shape index (κ2) is 6.49. The predicted molar refractivity (Wildman–Crippen MR) is 90.4 cm³/mol. The molecule has 1 nitrogen and oxygen atoms in total. The van der Waals surface area contributed by atoms with Crippen LogP contribution in [-0.4, -0.2) is 0 Å². The number of nitrogens with one attached hydrogen (secondary N) is 1. The van der Waals surface area contributed by atoms with E-state index >= 15 is 0 Å². The molecule has 0 amide bonds. The van der Waals surface area contributed by atoms with Crippen molar-refractivity contribution in [3.05, 3.63) is 60.4 Å². The molecular formula is C14H11Br2Cl2N. The fourth-order valence-electron chi connectivity index (χ4n) is 1.75. The molecule has 0 bridgehead atoms. The Morgan fingerprint density at radius 1 is 1.05 bits per heavy atom. The van der Waals surface area contributed by atoms with Gasteiger partial charge in [0.15, 0.2) is 0 Å². The summed E-state index contributed by atoms with van der Waals surface area (Å²) >= 11 is 19.4. The zero-order valence-corrected chi connectivity index (χ0v) is 14.8. The summed E-state index contributed by atoms with van der Waals surface area (Å²) in [6.07, 6.45) is 0. The van der Waals surface area contributed by atoms with Crippen LogP contribution < -0.4 is 5.32 Å². The van der Waals surface area contributed by atoms with E-state index in [1.807, 2.05) is 25.1 Å². The maximum Gasteiger partial charge on any atom is 0.0631 e. The molecule has 0 saturated carbocycles. The van der Waals surface area contributed by atoms with Crippen LogP contribution in [0.2, 0.25) is 10.0 Å². The van der Waals surface area contributed by atoms with Crippen molar-refractivity contribution >= 4 is 60.7 Å². The van der Waals surface area contributed by atoms with Crippen LogP contribution in [0.1, 0.15) is 11.1 Å². The number of hydrogen-bond donors (Lipinski definition) is 1. The molecule has 19 heavy (non-hydrogen) atoms. The van der Waals surface area contributed by atoms with Crippen LogP contribution in [0.15, 0.2) is 39.3 Å². The molecule has 0 heterocycles. The van der Waals surface area contributed by atoms with E-state index < -0.39 is 0 Å². The van der Waals surface area contributed by atoms with Gasteiger partial charge in [-0.1, -0.05) is 29.3 Å². The minimum Gasteiger partial charge on any atom is -0.379 e. The molecule has 0 unspecified atom stereocenters. The Bertz CT molecular complexity index is 571. The summed E-state index contributed by atoms with van der Waals surface area (Å²) < 4.78 is 2.00. The highest BCUT2D eigenvalue weighted by molar-refractivity contribution is 9.11. The quantitative estimate of drug-likeness (QED) is 0.599. The van der Waals surface area contributed by atoms with Crippen molar-refractivity contribution in [3.63, 3.8) is 0 Å². The minimum atomic E-state index is 0.568. The fraction of sp³-hybridized carbons (Fsp3) is 0.143. The van der Waals surface area contributed by atoms with Gasteiger partial charge in [0.1, 0.15) is 0 Å². The zero-order valence-electron chi connectivity index (χ0n) is 10.1. The third-order valence-corrected chi connectivity index (χ3v) is 4.65. The fourth-order valence-corrected chi connectivity index (χ4v) is 3.97. The number of benzene rings is 2. The third-order valence-electron chi connectivity index (χ3n) is 2.69. The first kappa shape index (κ1) is 15.2. The van der Waals surface area contributed by atoms with Gasteiger partial charge in [-0.05, 0) is 68.6 Å². The molecule has 0 aliphatic carbocycles. The molecule has 0 aliphatic heterocycles. The molecule has 0 spiro atoms. The van der Waals surface area contributed by atoms with Gasteiger partial charge in [0, 0.05) is 31.1 Å². The van der Waals surface area contributed by atoms with E-state index in [-0.39, 0.29) is 0 Å². The summed E-state index contributed by atoms with van der Waals surface area (Å²) in [5, 5.41) is 4.68. The number of rotatable bonds is 3. The number of aryl methyl sites for hydroxylation is 1. The molecule has 0 fully saturated rings. The molecule has 0 saturated heterocycles. The molecule has 2 aromatic carbocycles. The lowest BCUT2D eigenvalue weighted by atomic mass is 10.2. The smallest absolute Gasteiger partial charge is 0.0631 e. The van der Waals surface area contributed by atoms with E-state index in [0.29, 0.717) is 16.6 Å². The lowest BCUT2D eigenvalue weighted by Gasteiger charge is -2.13. The van der Waals surface area contributed by atoms with E-state index in [2.05, 4.69) is 49.3 Å². The van der Waals surface area contributed by atoms with Gasteiger partial charge in [0.25, 0.3) is 0 Å². The van der Waals surface area contributed by atoms with Crippen molar-refractivity contribution in [2.24, 2.45) is 0 Å². The first-order valence-electron chi connectivity index (χ1n) is 5.61. The van der Waals surface area contributed by atoms with Crippen LogP contribution in [0.5, 0.6) is 0 Å². The second-order valence-corrected chi connectivity index (χ2v) is 6.68. The van der Waals surface area contributed by atoms with Gasteiger partial charge >= 0.3 is 0 Å². The van der Waals surface area contributed by atoms with Gasteiger partial charge in [0.05, 0.1) is 5.69 Å². The summed E-state index contributed by atoms with van der Waals surface area (Å²) in [7, 11) is 0. The SMILES string of the molecule is Cc1cc(Br)c(NCc2c(Cl)cccc2Cl)c(Br)c1. The first-order chi connectivity index (χ1) is 8.99. The highest BCUT2D eigenvalue weighted by Gasteiger charge is 2.09. The number of hydrogen-bond acceptors (Lipinski definition) is 1. The Morgan fingerprint density at radius 2 is 1.58 bits per heavy atom. The average molecular weight is 424 g/mol. The summed E-state index contributed by atoms with van der Waals surface area (Å²) in [5.41, 5.74) is 3.06. The van der Waals surface area contributed by atoms with Crippen molar-refractivity contribution in [2.45, 2.75) is 13.5 Å². The van der Waals surface area contributed by atoms with Gasteiger partial charge < -0.3 is 5.32 Å². The molecule has 100 valence electrons. The van der Waals surface area contributed by atoms with Crippen LogP contribution in [0.4, 0.5) is 5.69 Å². The van der Waals surface area contributed by atoms with E-state index in [9.17, 15) is 0 Å². The van der Waals surface area contributed by atoms with Crippen LogP contribution >= 0.6 is 55.1 Å². The maximum atomic E-state index is 6.15. The van der Waals surface area contributed by atoms with Gasteiger partial charge in [-0.3, -0.25) is 0 Å². The van der Waals surface area contributed by atoms with Crippen LogP contribution in [0.25, 0.3) is 0 Å². The number of anilines is 1. The Hall–Kier alpha value is -0.220. The van der Waals surface area contributed by atoms with Crippen molar-refractivity contribution < 1.29 is 0 Å². The van der Waals surface area contributed by atoms with Gasteiger partial charge in [-0.25, -0.2) is 0 Å². The molecule has 1 N–H and O–H groups in total. The van der Waals surface area contributed by atoms with Crippen molar-refractivity contribution in [1.29, 1.82) is 0 Å². The van der Waals surface area contributed by atoms with Gasteiger partial charge in [0.2, 0.25) is 0 Å².